The van der Waals surface area contributed by atoms with Gasteiger partial charge in [-0.3, -0.25) is 4.79 Å². The quantitative estimate of drug-likeness (QED) is 0.599. The van der Waals surface area contributed by atoms with Crippen LogP contribution in [0.1, 0.15) is 36.9 Å². The summed E-state index contributed by atoms with van der Waals surface area (Å²) in [4.78, 5) is 27.5. The Balaban J connectivity index is 1.86. The van der Waals surface area contributed by atoms with Crippen molar-refractivity contribution in [3.05, 3.63) is 65.7 Å². The molecule has 0 saturated heterocycles. The Hall–Kier alpha value is -3.39. The minimum absolute atomic E-state index is 0.0862. The Labute approximate surface area is 195 Å². The van der Waals surface area contributed by atoms with Crippen LogP contribution in [-0.4, -0.2) is 68.0 Å². The molecule has 1 aliphatic rings. The molecule has 1 heterocycles. The molecule has 2 aromatic carbocycles. The number of urea groups is 1. The van der Waals surface area contributed by atoms with Crippen LogP contribution in [0.5, 0.6) is 5.75 Å². The number of carbonyl (C=O) groups is 2. The fraction of sp³-hybridized carbons (Fsp3) is 0.400. The van der Waals surface area contributed by atoms with Crippen molar-refractivity contribution in [2.75, 3.05) is 40.5 Å². The lowest BCUT2D eigenvalue weighted by atomic mass is 9.98. The van der Waals surface area contributed by atoms with Gasteiger partial charge in [0.15, 0.2) is 0 Å². The molecule has 176 valence electrons. The normalized spacial score (nSPS) is 15.2. The van der Waals surface area contributed by atoms with Crippen molar-refractivity contribution in [3.63, 3.8) is 0 Å². The minimum atomic E-state index is -0.283. The van der Waals surface area contributed by atoms with E-state index in [0.29, 0.717) is 26.1 Å². The molecule has 1 atom stereocenters. The van der Waals surface area contributed by atoms with Gasteiger partial charge in [-0.1, -0.05) is 49.4 Å². The number of nitrogens with zero attached hydrogens (tertiary/aromatic N) is 3. The van der Waals surface area contributed by atoms with E-state index in [1.54, 1.807) is 14.2 Å². The van der Waals surface area contributed by atoms with E-state index in [9.17, 15) is 9.59 Å². The average Bonchev–Trinajstić information content (AvgIpc) is 3.31. The molecule has 8 nitrogen and oxygen atoms in total. The minimum Gasteiger partial charge on any atom is -0.497 e. The van der Waals surface area contributed by atoms with E-state index in [1.165, 1.54) is 9.91 Å². The van der Waals surface area contributed by atoms with Gasteiger partial charge in [-0.25, -0.2) is 9.80 Å². The average molecular weight is 453 g/mol. The van der Waals surface area contributed by atoms with Crippen LogP contribution in [0.15, 0.2) is 59.7 Å². The summed E-state index contributed by atoms with van der Waals surface area (Å²) in [5.74, 6) is 0.485. The fourth-order valence-corrected chi connectivity index (χ4v) is 3.69. The standard InChI is InChI=1S/C25H32N4O4/c1-4-13-26-25(31)28(14-15-32-2)18-24(30)29-23(19-9-6-5-7-10-19)17-22(27-29)20-11-8-12-21(16-20)33-3/h5-12,16,23H,4,13-15,17-18H2,1-3H3,(H,26,31). The zero-order valence-electron chi connectivity index (χ0n) is 19.5. The van der Waals surface area contributed by atoms with Gasteiger partial charge in [-0.05, 0) is 24.1 Å². The van der Waals surface area contributed by atoms with E-state index in [-0.39, 0.29) is 24.5 Å². The molecule has 0 spiro atoms. The number of carbonyl (C=O) groups excluding carboxylic acids is 2. The summed E-state index contributed by atoms with van der Waals surface area (Å²) in [7, 11) is 3.19. The second-order valence-electron chi connectivity index (χ2n) is 7.79. The third-order valence-corrected chi connectivity index (χ3v) is 5.46. The zero-order chi connectivity index (χ0) is 23.6. The number of rotatable bonds is 10. The molecule has 0 bridgehead atoms. The van der Waals surface area contributed by atoms with E-state index in [2.05, 4.69) is 5.32 Å². The molecule has 1 aliphatic heterocycles. The summed E-state index contributed by atoms with van der Waals surface area (Å²) in [6.07, 6.45) is 1.39. The third kappa shape index (κ3) is 6.32. The lowest BCUT2D eigenvalue weighted by Gasteiger charge is -2.27. The van der Waals surface area contributed by atoms with Gasteiger partial charge < -0.3 is 19.7 Å². The smallest absolute Gasteiger partial charge is 0.317 e. The maximum atomic E-state index is 13.4. The van der Waals surface area contributed by atoms with Crippen molar-refractivity contribution in [3.8, 4) is 5.75 Å². The molecule has 0 saturated carbocycles. The van der Waals surface area contributed by atoms with Gasteiger partial charge in [-0.2, -0.15) is 5.10 Å². The number of hydrazone groups is 1. The van der Waals surface area contributed by atoms with Crippen molar-refractivity contribution in [1.82, 2.24) is 15.2 Å². The van der Waals surface area contributed by atoms with Crippen molar-refractivity contribution < 1.29 is 19.1 Å². The van der Waals surface area contributed by atoms with Crippen LogP contribution in [0.2, 0.25) is 0 Å². The van der Waals surface area contributed by atoms with Crippen LogP contribution in [0.4, 0.5) is 4.79 Å². The molecular weight excluding hydrogens is 420 g/mol. The van der Waals surface area contributed by atoms with Gasteiger partial charge >= 0.3 is 6.03 Å². The molecule has 0 aromatic heterocycles. The molecular formula is C25H32N4O4. The molecule has 0 aliphatic carbocycles. The van der Waals surface area contributed by atoms with Crippen LogP contribution in [0.25, 0.3) is 0 Å². The van der Waals surface area contributed by atoms with E-state index in [1.807, 2.05) is 61.5 Å². The molecule has 8 heteroatoms. The number of methoxy groups -OCH3 is 2. The van der Waals surface area contributed by atoms with Crippen molar-refractivity contribution in [2.24, 2.45) is 5.10 Å². The van der Waals surface area contributed by atoms with Crippen molar-refractivity contribution in [2.45, 2.75) is 25.8 Å². The van der Waals surface area contributed by atoms with Gasteiger partial charge in [-0.15, -0.1) is 0 Å². The summed E-state index contributed by atoms with van der Waals surface area (Å²) in [5.41, 5.74) is 2.70. The molecule has 1 unspecified atom stereocenters. The van der Waals surface area contributed by atoms with Crippen LogP contribution in [0, 0.1) is 0 Å². The maximum Gasteiger partial charge on any atom is 0.317 e. The predicted octanol–water partition coefficient (Wildman–Crippen LogP) is 3.44. The van der Waals surface area contributed by atoms with E-state index in [0.717, 1.165) is 29.0 Å². The van der Waals surface area contributed by atoms with E-state index >= 15 is 0 Å². The number of hydrogen-bond acceptors (Lipinski definition) is 5. The summed E-state index contributed by atoms with van der Waals surface area (Å²) in [6, 6.07) is 16.9. The molecule has 0 radical (unpaired) electrons. The number of benzene rings is 2. The first-order valence-corrected chi connectivity index (χ1v) is 11.2. The first-order valence-electron chi connectivity index (χ1n) is 11.2. The summed E-state index contributed by atoms with van der Waals surface area (Å²) in [5, 5.41) is 9.05. The van der Waals surface area contributed by atoms with Gasteiger partial charge in [0.05, 0.1) is 25.5 Å². The Morgan fingerprint density at radius 3 is 2.64 bits per heavy atom. The Bertz CT molecular complexity index is 964. The Morgan fingerprint density at radius 2 is 1.94 bits per heavy atom. The monoisotopic (exact) mass is 452 g/mol. The number of ether oxygens (including phenoxy) is 2. The second kappa shape index (κ2) is 12.0. The molecule has 3 rings (SSSR count). The topological polar surface area (TPSA) is 83.5 Å². The maximum absolute atomic E-state index is 13.4. The van der Waals surface area contributed by atoms with Crippen molar-refractivity contribution >= 4 is 17.6 Å². The highest BCUT2D eigenvalue weighted by Gasteiger charge is 2.34. The highest BCUT2D eigenvalue weighted by molar-refractivity contribution is 6.03. The van der Waals surface area contributed by atoms with Gasteiger partial charge in [0.2, 0.25) is 0 Å². The number of amides is 3. The summed E-state index contributed by atoms with van der Waals surface area (Å²) < 4.78 is 10.5. The zero-order valence-corrected chi connectivity index (χ0v) is 19.5. The number of hydrogen-bond donors (Lipinski definition) is 1. The third-order valence-electron chi connectivity index (χ3n) is 5.46. The van der Waals surface area contributed by atoms with Crippen LogP contribution < -0.4 is 10.1 Å². The van der Waals surface area contributed by atoms with Gasteiger partial charge in [0.1, 0.15) is 12.3 Å². The summed E-state index contributed by atoms with van der Waals surface area (Å²) in [6.45, 7) is 3.10. The Morgan fingerprint density at radius 1 is 1.15 bits per heavy atom. The first-order chi connectivity index (χ1) is 16.1. The lowest BCUT2D eigenvalue weighted by Crippen LogP contribution is -2.47. The summed E-state index contributed by atoms with van der Waals surface area (Å²) >= 11 is 0. The SMILES string of the molecule is CCCNC(=O)N(CCOC)CC(=O)N1N=C(c2cccc(OC)c2)CC1c1ccccc1. The van der Waals surface area contributed by atoms with Gasteiger partial charge in [0.25, 0.3) is 5.91 Å². The van der Waals surface area contributed by atoms with Crippen LogP contribution in [0.3, 0.4) is 0 Å². The predicted molar refractivity (Wildman–Crippen MR) is 127 cm³/mol. The molecule has 1 N–H and O–H groups in total. The molecule has 0 fully saturated rings. The second-order valence-corrected chi connectivity index (χ2v) is 7.79. The highest BCUT2D eigenvalue weighted by atomic mass is 16.5. The molecule has 2 aromatic rings. The van der Waals surface area contributed by atoms with Crippen LogP contribution >= 0.6 is 0 Å². The highest BCUT2D eigenvalue weighted by Crippen LogP contribution is 2.33. The molecule has 3 amide bonds. The van der Waals surface area contributed by atoms with E-state index < -0.39 is 0 Å². The fourth-order valence-electron chi connectivity index (χ4n) is 3.69. The Kier molecular flexibility index (Phi) is 8.83. The largest absolute Gasteiger partial charge is 0.497 e. The first kappa shape index (κ1) is 24.3. The molecule has 33 heavy (non-hydrogen) atoms. The van der Waals surface area contributed by atoms with Crippen molar-refractivity contribution in [1.29, 1.82) is 0 Å². The number of nitrogens with one attached hydrogen (secondary N) is 1. The lowest BCUT2D eigenvalue weighted by molar-refractivity contribution is -0.133. The van der Waals surface area contributed by atoms with Gasteiger partial charge in [0, 0.05) is 32.2 Å². The van der Waals surface area contributed by atoms with Crippen LogP contribution in [-0.2, 0) is 9.53 Å². The van der Waals surface area contributed by atoms with E-state index in [4.69, 9.17) is 14.6 Å².